The number of hydrogen-bond acceptors (Lipinski definition) is 7. The monoisotopic (exact) mass is 411 g/mol. The zero-order chi connectivity index (χ0) is 20.6. The Kier molecular flexibility index (Phi) is 4.63. The number of ether oxygens (including phenoxy) is 1. The maximum absolute atomic E-state index is 13.1. The maximum Gasteiger partial charge on any atom is 0.308 e. The highest BCUT2D eigenvalue weighted by Gasteiger charge is 2.39. The van der Waals surface area contributed by atoms with E-state index in [9.17, 15) is 13.2 Å². The number of aromatic nitrogens is 4. The molecule has 1 aliphatic rings. The Bertz CT molecular complexity index is 1220. The number of tetrazole rings is 1. The van der Waals surface area contributed by atoms with E-state index >= 15 is 0 Å². The van der Waals surface area contributed by atoms with Crippen LogP contribution in [0, 0.1) is 0 Å². The average molecular weight is 411 g/mol. The SMILES string of the molecule is CC(=O)OC1=C(c2nnnn2Cc2ccccc2)N(C)S(=O)(=O)c2ccccc21. The van der Waals surface area contributed by atoms with Gasteiger partial charge in [-0.05, 0) is 28.1 Å². The van der Waals surface area contributed by atoms with Crippen LogP contribution in [-0.2, 0) is 26.1 Å². The fraction of sp³-hybridized carbons (Fsp3) is 0.158. The van der Waals surface area contributed by atoms with E-state index in [0.29, 0.717) is 6.54 Å². The predicted molar refractivity (Wildman–Crippen MR) is 103 cm³/mol. The number of carbonyl (C=O) groups excluding carboxylic acids is 1. The molecule has 0 amide bonds. The summed E-state index contributed by atoms with van der Waals surface area (Å²) < 4.78 is 34.1. The van der Waals surface area contributed by atoms with Crippen molar-refractivity contribution in [2.24, 2.45) is 0 Å². The van der Waals surface area contributed by atoms with Crippen LogP contribution in [0.1, 0.15) is 23.9 Å². The molecule has 10 heteroatoms. The van der Waals surface area contributed by atoms with Gasteiger partial charge in [0, 0.05) is 19.5 Å². The zero-order valence-corrected chi connectivity index (χ0v) is 16.5. The zero-order valence-electron chi connectivity index (χ0n) is 15.7. The van der Waals surface area contributed by atoms with Crippen molar-refractivity contribution in [3.05, 3.63) is 71.5 Å². The summed E-state index contributed by atoms with van der Waals surface area (Å²) >= 11 is 0. The molecule has 0 aliphatic carbocycles. The van der Waals surface area contributed by atoms with Gasteiger partial charge in [0.15, 0.2) is 5.76 Å². The smallest absolute Gasteiger partial charge is 0.308 e. The Morgan fingerprint density at radius 2 is 1.76 bits per heavy atom. The molecule has 2 aromatic carbocycles. The van der Waals surface area contributed by atoms with Gasteiger partial charge in [0.2, 0.25) is 5.82 Å². The van der Waals surface area contributed by atoms with Crippen LogP contribution >= 0.6 is 0 Å². The van der Waals surface area contributed by atoms with Crippen LogP contribution in [0.4, 0.5) is 0 Å². The van der Waals surface area contributed by atoms with Gasteiger partial charge in [-0.15, -0.1) is 5.10 Å². The number of benzene rings is 2. The lowest BCUT2D eigenvalue weighted by Gasteiger charge is -2.29. The van der Waals surface area contributed by atoms with Gasteiger partial charge < -0.3 is 4.74 Å². The number of hydrogen-bond donors (Lipinski definition) is 0. The second kappa shape index (κ2) is 7.13. The molecule has 1 aliphatic heterocycles. The second-order valence-electron chi connectivity index (χ2n) is 6.39. The molecule has 2 heterocycles. The highest BCUT2D eigenvalue weighted by atomic mass is 32.2. The first-order chi connectivity index (χ1) is 13.9. The molecule has 4 rings (SSSR count). The van der Waals surface area contributed by atoms with E-state index in [0.717, 1.165) is 9.87 Å². The topological polar surface area (TPSA) is 107 Å². The third kappa shape index (κ3) is 3.27. The summed E-state index contributed by atoms with van der Waals surface area (Å²) in [6.07, 6.45) is 0. The fourth-order valence-corrected chi connectivity index (χ4v) is 4.53. The van der Waals surface area contributed by atoms with Crippen LogP contribution in [0.2, 0.25) is 0 Å². The fourth-order valence-electron chi connectivity index (χ4n) is 3.14. The molecule has 0 spiro atoms. The number of esters is 1. The van der Waals surface area contributed by atoms with Gasteiger partial charge in [-0.3, -0.25) is 9.10 Å². The van der Waals surface area contributed by atoms with Gasteiger partial charge in [-0.25, -0.2) is 13.1 Å². The van der Waals surface area contributed by atoms with Gasteiger partial charge in [0.25, 0.3) is 10.0 Å². The van der Waals surface area contributed by atoms with Crippen molar-refractivity contribution in [3.63, 3.8) is 0 Å². The van der Waals surface area contributed by atoms with Crippen molar-refractivity contribution in [1.82, 2.24) is 24.5 Å². The summed E-state index contributed by atoms with van der Waals surface area (Å²) in [5.74, 6) is -0.317. The van der Waals surface area contributed by atoms with Gasteiger partial charge >= 0.3 is 5.97 Å². The van der Waals surface area contributed by atoms with E-state index in [1.54, 1.807) is 18.2 Å². The maximum atomic E-state index is 13.1. The first-order valence-electron chi connectivity index (χ1n) is 8.71. The quantitative estimate of drug-likeness (QED) is 0.602. The van der Waals surface area contributed by atoms with Crippen molar-refractivity contribution in [3.8, 4) is 0 Å². The van der Waals surface area contributed by atoms with Crippen molar-refractivity contribution in [2.45, 2.75) is 18.4 Å². The summed E-state index contributed by atoms with van der Waals surface area (Å²) in [6, 6.07) is 15.8. The molecule has 0 unspecified atom stereocenters. The third-order valence-electron chi connectivity index (χ3n) is 4.46. The van der Waals surface area contributed by atoms with Crippen molar-refractivity contribution in [1.29, 1.82) is 0 Å². The summed E-state index contributed by atoms with van der Waals surface area (Å²) in [7, 11) is -2.50. The average Bonchev–Trinajstić information content (AvgIpc) is 3.15. The first-order valence-corrected chi connectivity index (χ1v) is 10.1. The lowest BCUT2D eigenvalue weighted by molar-refractivity contribution is -0.134. The molecule has 0 saturated heterocycles. The highest BCUT2D eigenvalue weighted by Crippen LogP contribution is 2.40. The lowest BCUT2D eigenvalue weighted by atomic mass is 10.1. The molecule has 0 bridgehead atoms. The minimum atomic E-state index is -3.88. The summed E-state index contributed by atoms with van der Waals surface area (Å²) in [5, 5.41) is 11.7. The third-order valence-corrected chi connectivity index (χ3v) is 6.28. The van der Waals surface area contributed by atoms with E-state index in [1.165, 1.54) is 24.7 Å². The molecule has 9 nitrogen and oxygen atoms in total. The number of sulfonamides is 1. The summed E-state index contributed by atoms with van der Waals surface area (Å²) in [5.41, 5.74) is 1.31. The Hall–Kier alpha value is -3.53. The van der Waals surface area contributed by atoms with Crippen molar-refractivity contribution < 1.29 is 17.9 Å². The molecule has 0 atom stereocenters. The Labute approximate surface area is 167 Å². The second-order valence-corrected chi connectivity index (χ2v) is 8.32. The normalized spacial score (nSPS) is 15.2. The number of nitrogens with zero attached hydrogens (tertiary/aromatic N) is 5. The Morgan fingerprint density at radius 1 is 1.07 bits per heavy atom. The molecular formula is C19H17N5O4S. The van der Waals surface area contributed by atoms with Crippen LogP contribution < -0.4 is 0 Å². The molecule has 3 aromatic rings. The van der Waals surface area contributed by atoms with E-state index in [-0.39, 0.29) is 27.7 Å². The van der Waals surface area contributed by atoms with E-state index < -0.39 is 16.0 Å². The largest absolute Gasteiger partial charge is 0.424 e. The number of rotatable bonds is 4. The van der Waals surface area contributed by atoms with Crippen LogP contribution in [0.3, 0.4) is 0 Å². The molecular weight excluding hydrogens is 394 g/mol. The Morgan fingerprint density at radius 3 is 2.48 bits per heavy atom. The Balaban J connectivity index is 1.94. The minimum Gasteiger partial charge on any atom is -0.424 e. The van der Waals surface area contributed by atoms with E-state index in [1.807, 2.05) is 30.3 Å². The standard InChI is InChI=1S/C19H17N5O4S/c1-13(25)28-18-15-10-6-7-11-16(15)29(26,27)23(2)17(18)19-20-21-22-24(19)12-14-8-4-3-5-9-14/h3-11H,12H2,1-2H3. The minimum absolute atomic E-state index is 0.0459. The van der Waals surface area contributed by atoms with E-state index in [2.05, 4.69) is 15.5 Å². The van der Waals surface area contributed by atoms with Crippen LogP contribution in [0.15, 0.2) is 59.5 Å². The number of fused-ring (bicyclic) bond motifs is 1. The van der Waals surface area contributed by atoms with Gasteiger partial charge in [0.05, 0.1) is 11.4 Å². The molecule has 0 fully saturated rings. The molecule has 29 heavy (non-hydrogen) atoms. The van der Waals surface area contributed by atoms with Crippen LogP contribution in [-0.4, -0.2) is 45.9 Å². The molecule has 0 saturated carbocycles. The van der Waals surface area contributed by atoms with E-state index in [4.69, 9.17) is 4.74 Å². The number of carbonyl (C=O) groups is 1. The molecule has 1 aromatic heterocycles. The molecule has 148 valence electrons. The van der Waals surface area contributed by atoms with Gasteiger partial charge in [-0.2, -0.15) is 0 Å². The van der Waals surface area contributed by atoms with Gasteiger partial charge in [0.1, 0.15) is 5.70 Å². The summed E-state index contributed by atoms with van der Waals surface area (Å²) in [6.45, 7) is 1.57. The van der Waals surface area contributed by atoms with Crippen molar-refractivity contribution >= 4 is 27.4 Å². The molecule has 0 N–H and O–H groups in total. The van der Waals surface area contributed by atoms with Gasteiger partial charge in [-0.1, -0.05) is 42.5 Å². The van der Waals surface area contributed by atoms with Crippen LogP contribution in [0.25, 0.3) is 11.5 Å². The predicted octanol–water partition coefficient (Wildman–Crippen LogP) is 1.74. The van der Waals surface area contributed by atoms with Crippen molar-refractivity contribution in [2.75, 3.05) is 7.05 Å². The first kappa shape index (κ1) is 18.8. The van der Waals surface area contributed by atoms with Crippen LogP contribution in [0.5, 0.6) is 0 Å². The lowest BCUT2D eigenvalue weighted by Crippen LogP contribution is -2.33. The summed E-state index contributed by atoms with van der Waals surface area (Å²) in [4.78, 5) is 11.8. The highest BCUT2D eigenvalue weighted by molar-refractivity contribution is 7.89. The molecule has 0 radical (unpaired) electrons.